The fraction of sp³-hybridized carbons (Fsp3) is 0.235. The Kier molecular flexibility index (Phi) is 4.16. The molecule has 0 saturated heterocycles. The second-order valence-corrected chi connectivity index (χ2v) is 7.22. The fourth-order valence-corrected chi connectivity index (χ4v) is 4.18. The molecule has 7 heteroatoms. The van der Waals surface area contributed by atoms with Gasteiger partial charge >= 0.3 is 0 Å². The molecule has 0 bridgehead atoms. The van der Waals surface area contributed by atoms with E-state index in [0.717, 1.165) is 47.1 Å². The first-order valence-corrected chi connectivity index (χ1v) is 9.37. The van der Waals surface area contributed by atoms with Crippen molar-refractivity contribution in [3.05, 3.63) is 51.1 Å². The van der Waals surface area contributed by atoms with Gasteiger partial charge in [0.05, 0.1) is 22.7 Å². The number of pyridine rings is 1. The van der Waals surface area contributed by atoms with E-state index in [9.17, 15) is 4.79 Å². The molecule has 1 amide bonds. The predicted octanol–water partition coefficient (Wildman–Crippen LogP) is 4.82. The Hall–Kier alpha value is -1.69. The molecule has 4 rings (SSSR count). The van der Waals surface area contributed by atoms with E-state index < -0.39 is 0 Å². The Morgan fingerprint density at radius 1 is 1.29 bits per heavy atom. The molecule has 0 saturated carbocycles. The van der Waals surface area contributed by atoms with Crippen molar-refractivity contribution in [1.29, 1.82) is 0 Å². The first-order valence-electron chi connectivity index (χ1n) is 7.58. The van der Waals surface area contributed by atoms with Gasteiger partial charge in [-0.15, -0.1) is 22.9 Å². The Morgan fingerprint density at radius 2 is 2.17 bits per heavy atom. The lowest BCUT2D eigenvalue weighted by Gasteiger charge is -2.12. The number of anilines is 1. The summed E-state index contributed by atoms with van der Waals surface area (Å²) in [5.41, 5.74) is 4.25. The van der Waals surface area contributed by atoms with Gasteiger partial charge in [0, 0.05) is 21.5 Å². The van der Waals surface area contributed by atoms with E-state index in [1.807, 2.05) is 17.5 Å². The van der Waals surface area contributed by atoms with Crippen molar-refractivity contribution < 1.29 is 4.79 Å². The molecule has 0 fully saturated rings. The molecule has 122 valence electrons. The molecule has 0 spiro atoms. The molecule has 0 radical (unpaired) electrons. The van der Waals surface area contributed by atoms with Gasteiger partial charge in [0.25, 0.3) is 5.91 Å². The van der Waals surface area contributed by atoms with E-state index in [0.29, 0.717) is 21.6 Å². The highest BCUT2D eigenvalue weighted by molar-refractivity contribution is 7.14. The maximum atomic E-state index is 12.9. The SMILES string of the molecule is O=C(Nc1nc(CCl)cs1)c1c2c(nc3ccc(Cl)cc13)CCC2. The second-order valence-electron chi connectivity index (χ2n) is 5.66. The number of nitrogens with one attached hydrogen (secondary N) is 1. The van der Waals surface area contributed by atoms with E-state index in [4.69, 9.17) is 28.2 Å². The average molecular weight is 378 g/mol. The third kappa shape index (κ3) is 2.77. The number of halogens is 2. The average Bonchev–Trinajstić information content (AvgIpc) is 3.21. The van der Waals surface area contributed by atoms with Crippen LogP contribution in [0.4, 0.5) is 5.13 Å². The molecule has 2 aromatic heterocycles. The van der Waals surface area contributed by atoms with Crippen molar-refractivity contribution in [3.8, 4) is 0 Å². The largest absolute Gasteiger partial charge is 0.298 e. The van der Waals surface area contributed by atoms with Gasteiger partial charge < -0.3 is 0 Å². The lowest BCUT2D eigenvalue weighted by Crippen LogP contribution is -2.15. The third-order valence-corrected chi connectivity index (χ3v) is 5.43. The quantitative estimate of drug-likeness (QED) is 0.665. The Balaban J connectivity index is 1.82. The molecule has 24 heavy (non-hydrogen) atoms. The van der Waals surface area contributed by atoms with Crippen LogP contribution in [0, 0.1) is 0 Å². The minimum Gasteiger partial charge on any atom is -0.298 e. The van der Waals surface area contributed by atoms with Crippen LogP contribution >= 0.6 is 34.5 Å². The van der Waals surface area contributed by atoms with Crippen molar-refractivity contribution in [2.75, 3.05) is 5.32 Å². The van der Waals surface area contributed by atoms with E-state index in [1.54, 1.807) is 6.07 Å². The Morgan fingerprint density at radius 3 is 2.96 bits per heavy atom. The summed E-state index contributed by atoms with van der Waals surface area (Å²) in [5, 5.41) is 6.66. The summed E-state index contributed by atoms with van der Waals surface area (Å²) < 4.78 is 0. The number of thiazole rings is 1. The van der Waals surface area contributed by atoms with E-state index >= 15 is 0 Å². The zero-order valence-electron chi connectivity index (χ0n) is 12.6. The fourth-order valence-electron chi connectivity index (χ4n) is 3.08. The molecule has 1 aliphatic rings. The highest BCUT2D eigenvalue weighted by Crippen LogP contribution is 2.32. The lowest BCUT2D eigenvalue weighted by atomic mass is 10.0. The van der Waals surface area contributed by atoms with Gasteiger partial charge in [0.2, 0.25) is 0 Å². The summed E-state index contributed by atoms with van der Waals surface area (Å²) in [5.74, 6) is 0.161. The molecule has 0 aliphatic heterocycles. The van der Waals surface area contributed by atoms with Crippen molar-refractivity contribution in [1.82, 2.24) is 9.97 Å². The van der Waals surface area contributed by atoms with Gasteiger partial charge in [-0.2, -0.15) is 0 Å². The van der Waals surface area contributed by atoms with Crippen LogP contribution in [0.25, 0.3) is 10.9 Å². The topological polar surface area (TPSA) is 54.9 Å². The smallest absolute Gasteiger partial charge is 0.258 e. The molecule has 0 atom stereocenters. The minimum atomic E-state index is -0.168. The molecular weight excluding hydrogens is 365 g/mol. The number of benzene rings is 1. The van der Waals surface area contributed by atoms with E-state index in [-0.39, 0.29) is 5.91 Å². The van der Waals surface area contributed by atoms with Crippen molar-refractivity contribution >= 4 is 56.5 Å². The van der Waals surface area contributed by atoms with Crippen LogP contribution in [-0.4, -0.2) is 15.9 Å². The number of fused-ring (bicyclic) bond motifs is 2. The van der Waals surface area contributed by atoms with Gasteiger partial charge in [-0.1, -0.05) is 11.6 Å². The molecule has 1 aromatic carbocycles. The number of hydrogen-bond donors (Lipinski definition) is 1. The van der Waals surface area contributed by atoms with Crippen LogP contribution in [0.2, 0.25) is 5.02 Å². The first kappa shape index (κ1) is 15.8. The van der Waals surface area contributed by atoms with Gasteiger partial charge in [0.15, 0.2) is 5.13 Å². The number of aryl methyl sites for hydroxylation is 1. The summed E-state index contributed by atoms with van der Waals surface area (Å²) in [6.45, 7) is 0. The maximum absolute atomic E-state index is 12.9. The molecular formula is C17H13Cl2N3OS. The van der Waals surface area contributed by atoms with E-state index in [1.165, 1.54) is 11.3 Å². The molecule has 1 aliphatic carbocycles. The number of hydrogen-bond acceptors (Lipinski definition) is 4. The van der Waals surface area contributed by atoms with Gasteiger partial charge in [0.1, 0.15) is 0 Å². The molecule has 1 N–H and O–H groups in total. The summed E-state index contributed by atoms with van der Waals surface area (Å²) in [4.78, 5) is 21.9. The highest BCUT2D eigenvalue weighted by Gasteiger charge is 2.24. The summed E-state index contributed by atoms with van der Waals surface area (Å²) in [6.07, 6.45) is 2.78. The number of rotatable bonds is 3. The van der Waals surface area contributed by atoms with Crippen LogP contribution < -0.4 is 5.32 Å². The number of nitrogens with zero attached hydrogens (tertiary/aromatic N) is 2. The van der Waals surface area contributed by atoms with Crippen LogP contribution in [-0.2, 0) is 18.7 Å². The summed E-state index contributed by atoms with van der Waals surface area (Å²) >= 11 is 13.3. The number of alkyl halides is 1. The second kappa shape index (κ2) is 6.31. The molecule has 0 unspecified atom stereocenters. The van der Waals surface area contributed by atoms with Gasteiger partial charge in [-0.05, 0) is 43.0 Å². The van der Waals surface area contributed by atoms with Crippen LogP contribution in [0.1, 0.15) is 33.7 Å². The predicted molar refractivity (Wildman–Crippen MR) is 98.4 cm³/mol. The maximum Gasteiger partial charge on any atom is 0.258 e. The lowest BCUT2D eigenvalue weighted by molar-refractivity contribution is 0.102. The third-order valence-electron chi connectivity index (χ3n) is 4.11. The zero-order valence-corrected chi connectivity index (χ0v) is 14.9. The van der Waals surface area contributed by atoms with Crippen molar-refractivity contribution in [2.45, 2.75) is 25.1 Å². The summed E-state index contributed by atoms with van der Waals surface area (Å²) in [6, 6.07) is 5.47. The normalized spacial score (nSPS) is 13.2. The van der Waals surface area contributed by atoms with Crippen LogP contribution in [0.5, 0.6) is 0 Å². The number of aromatic nitrogens is 2. The number of carbonyl (C=O) groups is 1. The Labute approximate surface area is 152 Å². The zero-order chi connectivity index (χ0) is 16.7. The molecule has 2 heterocycles. The molecule has 4 nitrogen and oxygen atoms in total. The van der Waals surface area contributed by atoms with Crippen LogP contribution in [0.3, 0.4) is 0 Å². The number of carbonyl (C=O) groups excluding carboxylic acids is 1. The van der Waals surface area contributed by atoms with Gasteiger partial charge in [-0.25, -0.2) is 4.98 Å². The first-order chi connectivity index (χ1) is 11.7. The standard InChI is InChI=1S/C17H13Cl2N3OS/c18-7-10-8-24-17(20-10)22-16(23)15-11-2-1-3-13(11)21-14-5-4-9(19)6-12(14)15/h4-6,8H,1-3,7H2,(H,20,22,23). The van der Waals surface area contributed by atoms with Crippen molar-refractivity contribution in [2.24, 2.45) is 0 Å². The highest BCUT2D eigenvalue weighted by atomic mass is 35.5. The molecule has 3 aromatic rings. The Bertz CT molecular complexity index is 954. The minimum absolute atomic E-state index is 0.168. The monoisotopic (exact) mass is 377 g/mol. The van der Waals surface area contributed by atoms with E-state index in [2.05, 4.69) is 10.3 Å². The number of amides is 1. The van der Waals surface area contributed by atoms with Crippen molar-refractivity contribution in [3.63, 3.8) is 0 Å². The van der Waals surface area contributed by atoms with Crippen LogP contribution in [0.15, 0.2) is 23.6 Å². The summed E-state index contributed by atoms with van der Waals surface area (Å²) in [7, 11) is 0. The van der Waals surface area contributed by atoms with Gasteiger partial charge in [-0.3, -0.25) is 15.1 Å².